The molecule has 0 aliphatic carbocycles. The lowest BCUT2D eigenvalue weighted by atomic mass is 10.2. The van der Waals surface area contributed by atoms with E-state index in [9.17, 15) is 4.79 Å². The van der Waals surface area contributed by atoms with E-state index in [4.69, 9.17) is 4.74 Å². The third kappa shape index (κ3) is 5.50. The van der Waals surface area contributed by atoms with Crippen LogP contribution in [0.5, 0.6) is 0 Å². The number of urea groups is 1. The number of morpholine rings is 1. The maximum atomic E-state index is 12.4. The molecule has 4 rings (SSSR count). The number of likely N-dealkylation sites (tertiary alicyclic amines) is 1. The summed E-state index contributed by atoms with van der Waals surface area (Å²) in [7, 11) is 0. The van der Waals surface area contributed by atoms with E-state index >= 15 is 0 Å². The van der Waals surface area contributed by atoms with Crippen molar-refractivity contribution in [1.29, 1.82) is 0 Å². The second-order valence-electron chi connectivity index (χ2n) is 7.60. The zero-order valence-corrected chi connectivity index (χ0v) is 17.6. The van der Waals surface area contributed by atoms with E-state index in [1.54, 1.807) is 11.3 Å². The molecule has 156 valence electrons. The first-order valence-corrected chi connectivity index (χ1v) is 11.4. The summed E-state index contributed by atoms with van der Waals surface area (Å²) in [6, 6.07) is 12.8. The minimum Gasteiger partial charge on any atom is -0.378 e. The fourth-order valence-electron chi connectivity index (χ4n) is 4.02. The standard InChI is InChI=1S/C22H30N4O2S/c27-22(24-17-20(21-4-3-15-29-21)26-9-1-2-10-26)23-16-18-5-7-19(8-6-18)25-11-13-28-14-12-25/h3-8,15,20H,1-2,9-14,16-17H2,(H2,23,24,27). The summed E-state index contributed by atoms with van der Waals surface area (Å²) in [5, 5.41) is 8.17. The Hall–Kier alpha value is -2.09. The maximum Gasteiger partial charge on any atom is 0.315 e. The number of hydrogen-bond acceptors (Lipinski definition) is 5. The van der Waals surface area contributed by atoms with Crippen molar-refractivity contribution in [3.8, 4) is 0 Å². The van der Waals surface area contributed by atoms with Gasteiger partial charge in [0.15, 0.2) is 0 Å². The van der Waals surface area contributed by atoms with Gasteiger partial charge in [0.2, 0.25) is 0 Å². The van der Waals surface area contributed by atoms with Gasteiger partial charge in [0, 0.05) is 36.7 Å². The van der Waals surface area contributed by atoms with Gasteiger partial charge >= 0.3 is 6.03 Å². The summed E-state index contributed by atoms with van der Waals surface area (Å²) in [4.78, 5) is 18.5. The highest BCUT2D eigenvalue weighted by Crippen LogP contribution is 2.27. The summed E-state index contributed by atoms with van der Waals surface area (Å²) >= 11 is 1.77. The highest BCUT2D eigenvalue weighted by Gasteiger charge is 2.24. The summed E-state index contributed by atoms with van der Waals surface area (Å²) in [5.41, 5.74) is 2.32. The van der Waals surface area contributed by atoms with Gasteiger partial charge < -0.3 is 20.3 Å². The van der Waals surface area contributed by atoms with Gasteiger partial charge in [-0.1, -0.05) is 18.2 Å². The molecule has 2 saturated heterocycles. The summed E-state index contributed by atoms with van der Waals surface area (Å²) in [6.45, 7) is 6.83. The molecule has 2 fully saturated rings. The molecule has 29 heavy (non-hydrogen) atoms. The van der Waals surface area contributed by atoms with Crippen molar-refractivity contribution in [3.63, 3.8) is 0 Å². The van der Waals surface area contributed by atoms with Crippen LogP contribution < -0.4 is 15.5 Å². The van der Waals surface area contributed by atoms with E-state index < -0.39 is 0 Å². The van der Waals surface area contributed by atoms with E-state index in [0.717, 1.165) is 45.0 Å². The number of ether oxygens (including phenoxy) is 1. The molecule has 1 atom stereocenters. The molecule has 2 amide bonds. The molecule has 7 heteroatoms. The Morgan fingerprint density at radius 1 is 1.03 bits per heavy atom. The van der Waals surface area contributed by atoms with Crippen LogP contribution >= 0.6 is 11.3 Å². The van der Waals surface area contributed by atoms with Gasteiger partial charge in [-0.2, -0.15) is 0 Å². The van der Waals surface area contributed by atoms with Gasteiger partial charge in [0.25, 0.3) is 0 Å². The van der Waals surface area contributed by atoms with Crippen LogP contribution in [0.15, 0.2) is 41.8 Å². The molecule has 0 bridgehead atoms. The zero-order valence-electron chi connectivity index (χ0n) is 16.8. The van der Waals surface area contributed by atoms with Gasteiger partial charge in [-0.25, -0.2) is 4.79 Å². The van der Waals surface area contributed by atoms with Crippen molar-refractivity contribution in [1.82, 2.24) is 15.5 Å². The van der Waals surface area contributed by atoms with Crippen molar-refractivity contribution in [2.24, 2.45) is 0 Å². The highest BCUT2D eigenvalue weighted by molar-refractivity contribution is 7.10. The number of anilines is 1. The van der Waals surface area contributed by atoms with Crippen molar-refractivity contribution in [2.75, 3.05) is 50.8 Å². The van der Waals surface area contributed by atoms with Crippen molar-refractivity contribution < 1.29 is 9.53 Å². The average molecular weight is 415 g/mol. The molecule has 6 nitrogen and oxygen atoms in total. The minimum atomic E-state index is -0.108. The van der Waals surface area contributed by atoms with Crippen molar-refractivity contribution >= 4 is 23.1 Å². The Morgan fingerprint density at radius 2 is 1.79 bits per heavy atom. The van der Waals surface area contributed by atoms with Crippen LogP contribution in [0.25, 0.3) is 0 Å². The monoisotopic (exact) mass is 414 g/mol. The second-order valence-corrected chi connectivity index (χ2v) is 8.58. The summed E-state index contributed by atoms with van der Waals surface area (Å²) in [6.07, 6.45) is 2.49. The van der Waals surface area contributed by atoms with Gasteiger partial charge in [0.1, 0.15) is 0 Å². The lowest BCUT2D eigenvalue weighted by Crippen LogP contribution is -2.41. The minimum absolute atomic E-state index is 0.108. The van der Waals surface area contributed by atoms with Gasteiger partial charge in [-0.3, -0.25) is 4.90 Å². The summed E-state index contributed by atoms with van der Waals surface area (Å²) in [5.74, 6) is 0. The molecule has 0 radical (unpaired) electrons. The number of nitrogens with zero attached hydrogens (tertiary/aromatic N) is 2. The fraction of sp³-hybridized carbons (Fsp3) is 0.500. The van der Waals surface area contributed by atoms with Crippen LogP contribution in [0.3, 0.4) is 0 Å². The molecular weight excluding hydrogens is 384 g/mol. The molecule has 3 heterocycles. The average Bonchev–Trinajstić information content (AvgIpc) is 3.49. The molecule has 0 spiro atoms. The van der Waals surface area contributed by atoms with E-state index in [1.165, 1.54) is 23.4 Å². The summed E-state index contributed by atoms with van der Waals surface area (Å²) < 4.78 is 5.41. The van der Waals surface area contributed by atoms with E-state index in [0.29, 0.717) is 13.1 Å². The molecule has 2 N–H and O–H groups in total. The number of nitrogens with one attached hydrogen (secondary N) is 2. The predicted octanol–water partition coefficient (Wildman–Crippen LogP) is 3.22. The first kappa shape index (κ1) is 20.2. The topological polar surface area (TPSA) is 56.8 Å². The van der Waals surface area contributed by atoms with E-state index in [2.05, 4.69) is 62.2 Å². The predicted molar refractivity (Wildman–Crippen MR) is 118 cm³/mol. The lowest BCUT2D eigenvalue weighted by molar-refractivity contribution is 0.122. The Kier molecular flexibility index (Phi) is 7.03. The van der Waals surface area contributed by atoms with Gasteiger partial charge in [0.05, 0.1) is 19.3 Å². The van der Waals surface area contributed by atoms with Crippen LogP contribution in [-0.2, 0) is 11.3 Å². The third-order valence-electron chi connectivity index (χ3n) is 5.67. The third-order valence-corrected chi connectivity index (χ3v) is 6.65. The lowest BCUT2D eigenvalue weighted by Gasteiger charge is -2.29. The SMILES string of the molecule is O=C(NCc1ccc(N2CCOCC2)cc1)NCC(c1cccs1)N1CCCC1. The molecule has 1 aromatic heterocycles. The Labute approximate surface area is 176 Å². The molecular formula is C22H30N4O2S. The first-order valence-electron chi connectivity index (χ1n) is 10.5. The van der Waals surface area contributed by atoms with Crippen LogP contribution in [0.4, 0.5) is 10.5 Å². The largest absolute Gasteiger partial charge is 0.378 e. The quantitative estimate of drug-likeness (QED) is 0.730. The molecule has 2 aromatic rings. The van der Waals surface area contributed by atoms with Crippen molar-refractivity contribution in [3.05, 3.63) is 52.2 Å². The number of benzene rings is 1. The van der Waals surface area contributed by atoms with E-state index in [1.807, 2.05) is 0 Å². The van der Waals surface area contributed by atoms with Crippen LogP contribution in [0, 0.1) is 0 Å². The molecule has 1 aromatic carbocycles. The Bertz CT molecular complexity index is 754. The molecule has 0 saturated carbocycles. The number of amides is 2. The molecule has 1 unspecified atom stereocenters. The normalized spacial score (nSPS) is 18.6. The highest BCUT2D eigenvalue weighted by atomic mass is 32.1. The van der Waals surface area contributed by atoms with Gasteiger partial charge in [-0.05, 0) is 55.1 Å². The molecule has 2 aliphatic rings. The smallest absolute Gasteiger partial charge is 0.315 e. The Morgan fingerprint density at radius 3 is 2.48 bits per heavy atom. The number of rotatable bonds is 7. The van der Waals surface area contributed by atoms with Crippen molar-refractivity contribution in [2.45, 2.75) is 25.4 Å². The van der Waals surface area contributed by atoms with E-state index in [-0.39, 0.29) is 12.1 Å². The fourth-order valence-corrected chi connectivity index (χ4v) is 4.89. The second kappa shape index (κ2) is 10.1. The first-order chi connectivity index (χ1) is 14.3. The number of carbonyl (C=O) groups is 1. The van der Waals surface area contributed by atoms with Gasteiger partial charge in [-0.15, -0.1) is 11.3 Å². The van der Waals surface area contributed by atoms with Crippen LogP contribution in [0.1, 0.15) is 29.3 Å². The number of hydrogen-bond donors (Lipinski definition) is 2. The number of thiophene rings is 1. The zero-order chi connectivity index (χ0) is 19.9. The Balaban J connectivity index is 1.25. The van der Waals surface area contributed by atoms with Crippen LogP contribution in [0.2, 0.25) is 0 Å². The number of carbonyl (C=O) groups excluding carboxylic acids is 1. The molecule has 2 aliphatic heterocycles. The van der Waals surface area contributed by atoms with Crippen LogP contribution in [-0.4, -0.2) is 56.9 Å². The maximum absolute atomic E-state index is 12.4.